The maximum absolute atomic E-state index is 12.5. The first-order chi connectivity index (χ1) is 9.25. The highest BCUT2D eigenvalue weighted by molar-refractivity contribution is 5.96. The molecule has 1 aromatic rings. The Morgan fingerprint density at radius 3 is 2.45 bits per heavy atom. The number of hydrogen-bond acceptors (Lipinski definition) is 3. The first kappa shape index (κ1) is 16.0. The Kier molecular flexibility index (Phi) is 5.09. The van der Waals surface area contributed by atoms with Crippen molar-refractivity contribution < 1.29 is 33.0 Å². The molecule has 1 aromatic carbocycles. The van der Waals surface area contributed by atoms with Gasteiger partial charge in [0.25, 0.3) is 5.91 Å². The van der Waals surface area contributed by atoms with Crippen LogP contribution in [0.1, 0.15) is 22.3 Å². The molecule has 1 amide bonds. The summed E-state index contributed by atoms with van der Waals surface area (Å²) in [5, 5.41) is 19.5. The van der Waals surface area contributed by atoms with Gasteiger partial charge in [0, 0.05) is 18.6 Å². The van der Waals surface area contributed by atoms with Crippen molar-refractivity contribution in [3.05, 3.63) is 35.4 Å². The highest BCUT2D eigenvalue weighted by atomic mass is 19.4. The van der Waals surface area contributed by atoms with Crippen molar-refractivity contribution in [3.8, 4) is 0 Å². The van der Waals surface area contributed by atoms with Crippen LogP contribution in [0, 0.1) is 0 Å². The Balaban J connectivity index is 2.89. The van der Waals surface area contributed by atoms with Gasteiger partial charge in [0.15, 0.2) is 0 Å². The normalized spacial score (nSPS) is 12.8. The molecule has 0 aliphatic rings. The lowest BCUT2D eigenvalue weighted by Crippen LogP contribution is -2.41. The monoisotopic (exact) mass is 291 g/mol. The molecule has 20 heavy (non-hydrogen) atoms. The molecule has 0 saturated carbocycles. The first-order valence-corrected chi connectivity index (χ1v) is 5.57. The highest BCUT2D eigenvalue weighted by Crippen LogP contribution is 2.29. The lowest BCUT2D eigenvalue weighted by atomic mass is 10.1. The third kappa shape index (κ3) is 4.23. The number of carbonyl (C=O) groups is 2. The van der Waals surface area contributed by atoms with Gasteiger partial charge in [0.05, 0.1) is 5.56 Å². The van der Waals surface area contributed by atoms with E-state index in [1.807, 2.05) is 5.32 Å². The van der Waals surface area contributed by atoms with Gasteiger partial charge in [-0.25, -0.2) is 4.79 Å². The average molecular weight is 291 g/mol. The summed E-state index contributed by atoms with van der Waals surface area (Å²) in [4.78, 5) is 22.5. The number of carboxylic acid groups (broad SMARTS) is 1. The third-order valence-electron chi connectivity index (χ3n) is 2.47. The van der Waals surface area contributed by atoms with Crippen molar-refractivity contribution in [2.75, 3.05) is 6.61 Å². The fraction of sp³-hybridized carbons (Fsp3) is 0.333. The van der Waals surface area contributed by atoms with Gasteiger partial charge in [-0.3, -0.25) is 4.79 Å². The van der Waals surface area contributed by atoms with Gasteiger partial charge in [0.2, 0.25) is 0 Å². The van der Waals surface area contributed by atoms with Gasteiger partial charge in [-0.15, -0.1) is 0 Å². The Labute approximate surface area is 112 Å². The van der Waals surface area contributed by atoms with Crippen LogP contribution in [-0.4, -0.2) is 34.7 Å². The van der Waals surface area contributed by atoms with Gasteiger partial charge >= 0.3 is 12.1 Å². The lowest BCUT2D eigenvalue weighted by molar-refractivity contribution is -0.140. The molecular formula is C12H12F3NO4. The number of amides is 1. The second-order valence-electron chi connectivity index (χ2n) is 3.96. The quantitative estimate of drug-likeness (QED) is 0.762. The van der Waals surface area contributed by atoms with Crippen LogP contribution >= 0.6 is 0 Å². The summed E-state index contributed by atoms with van der Waals surface area (Å²) >= 11 is 0. The zero-order valence-electron chi connectivity index (χ0n) is 10.1. The maximum Gasteiger partial charge on any atom is 0.416 e. The lowest BCUT2D eigenvalue weighted by Gasteiger charge is -2.14. The van der Waals surface area contributed by atoms with Crippen LogP contribution in [-0.2, 0) is 11.0 Å². The highest BCUT2D eigenvalue weighted by Gasteiger charge is 2.31. The molecule has 0 saturated heterocycles. The topological polar surface area (TPSA) is 86.6 Å². The molecule has 0 bridgehead atoms. The van der Waals surface area contributed by atoms with E-state index < -0.39 is 36.3 Å². The van der Waals surface area contributed by atoms with Crippen LogP contribution in [0.25, 0.3) is 0 Å². The zero-order chi connectivity index (χ0) is 15.3. The van der Waals surface area contributed by atoms with Gasteiger partial charge in [-0.2, -0.15) is 13.2 Å². The Morgan fingerprint density at radius 2 is 1.95 bits per heavy atom. The van der Waals surface area contributed by atoms with E-state index in [1.54, 1.807) is 0 Å². The van der Waals surface area contributed by atoms with E-state index >= 15 is 0 Å². The van der Waals surface area contributed by atoms with Crippen LogP contribution in [0.5, 0.6) is 0 Å². The minimum atomic E-state index is -4.59. The van der Waals surface area contributed by atoms with Crippen molar-refractivity contribution in [1.29, 1.82) is 0 Å². The number of carbonyl (C=O) groups excluding carboxylic acids is 1. The van der Waals surface area contributed by atoms with Gasteiger partial charge < -0.3 is 15.5 Å². The standard InChI is InChI=1S/C12H12F3NO4/c13-12(14,15)8-3-1-2-7(6-8)10(18)16-9(4-5-17)11(19)20/h1-3,6,9,17H,4-5H2,(H,16,18)(H,19,20). The largest absolute Gasteiger partial charge is 0.480 e. The zero-order valence-corrected chi connectivity index (χ0v) is 10.1. The van der Waals surface area contributed by atoms with Crippen LogP contribution in [0.2, 0.25) is 0 Å². The molecule has 0 radical (unpaired) electrons. The van der Waals surface area contributed by atoms with Crippen molar-refractivity contribution in [3.63, 3.8) is 0 Å². The molecule has 1 rings (SSSR count). The summed E-state index contributed by atoms with van der Waals surface area (Å²) in [6.45, 7) is -0.472. The first-order valence-electron chi connectivity index (χ1n) is 5.57. The number of aliphatic hydroxyl groups excluding tert-OH is 1. The fourth-order valence-corrected chi connectivity index (χ4v) is 1.46. The second kappa shape index (κ2) is 6.38. The van der Waals surface area contributed by atoms with E-state index in [0.717, 1.165) is 18.2 Å². The molecule has 3 N–H and O–H groups in total. The average Bonchev–Trinajstić information content (AvgIpc) is 2.37. The van der Waals surface area contributed by atoms with Crippen molar-refractivity contribution in [2.45, 2.75) is 18.6 Å². The molecule has 0 aliphatic carbocycles. The SMILES string of the molecule is O=C(NC(CCO)C(=O)O)c1cccc(C(F)(F)F)c1. The van der Waals surface area contributed by atoms with Crippen molar-refractivity contribution in [1.82, 2.24) is 5.32 Å². The summed E-state index contributed by atoms with van der Waals surface area (Å²) in [6.07, 6.45) is -4.83. The summed E-state index contributed by atoms with van der Waals surface area (Å²) in [5.74, 6) is -2.32. The number of nitrogens with one attached hydrogen (secondary N) is 1. The number of rotatable bonds is 5. The minimum absolute atomic E-state index is 0.236. The predicted octanol–water partition coefficient (Wildman–Crippen LogP) is 1.27. The van der Waals surface area contributed by atoms with E-state index in [1.165, 1.54) is 0 Å². The molecule has 1 atom stereocenters. The molecule has 0 aromatic heterocycles. The number of aliphatic hydroxyl groups is 1. The van der Waals surface area contributed by atoms with E-state index in [-0.39, 0.29) is 12.0 Å². The van der Waals surface area contributed by atoms with E-state index in [9.17, 15) is 22.8 Å². The number of hydrogen-bond donors (Lipinski definition) is 3. The summed E-state index contributed by atoms with van der Waals surface area (Å²) in [6, 6.07) is 2.27. The smallest absolute Gasteiger partial charge is 0.416 e. The molecule has 5 nitrogen and oxygen atoms in total. The Hall–Kier alpha value is -2.09. The predicted molar refractivity (Wildman–Crippen MR) is 62.0 cm³/mol. The van der Waals surface area contributed by atoms with Gasteiger partial charge in [-0.05, 0) is 18.2 Å². The maximum atomic E-state index is 12.5. The van der Waals surface area contributed by atoms with Crippen molar-refractivity contribution in [2.24, 2.45) is 0 Å². The Bertz CT molecular complexity index is 502. The second-order valence-corrected chi connectivity index (χ2v) is 3.96. The van der Waals surface area contributed by atoms with Crippen LogP contribution in [0.15, 0.2) is 24.3 Å². The van der Waals surface area contributed by atoms with E-state index in [2.05, 4.69) is 0 Å². The molecule has 1 unspecified atom stereocenters. The molecule has 0 aliphatic heterocycles. The summed E-state index contributed by atoms with van der Waals surface area (Å²) < 4.78 is 37.5. The number of benzene rings is 1. The van der Waals surface area contributed by atoms with Crippen LogP contribution < -0.4 is 5.32 Å². The molecule has 0 fully saturated rings. The summed E-state index contributed by atoms with van der Waals surface area (Å²) in [5.41, 5.74) is -1.30. The summed E-state index contributed by atoms with van der Waals surface area (Å²) in [7, 11) is 0. The molecule has 0 heterocycles. The molecule has 0 spiro atoms. The number of alkyl halides is 3. The van der Waals surface area contributed by atoms with Crippen LogP contribution in [0.3, 0.4) is 0 Å². The number of aliphatic carboxylic acids is 1. The number of carboxylic acids is 1. The molecule has 8 heteroatoms. The minimum Gasteiger partial charge on any atom is -0.480 e. The van der Waals surface area contributed by atoms with E-state index in [0.29, 0.717) is 6.07 Å². The molecular weight excluding hydrogens is 279 g/mol. The van der Waals surface area contributed by atoms with E-state index in [4.69, 9.17) is 10.2 Å². The van der Waals surface area contributed by atoms with Gasteiger partial charge in [0.1, 0.15) is 6.04 Å². The van der Waals surface area contributed by atoms with Crippen molar-refractivity contribution >= 4 is 11.9 Å². The van der Waals surface area contributed by atoms with Crippen LogP contribution in [0.4, 0.5) is 13.2 Å². The fourth-order valence-electron chi connectivity index (χ4n) is 1.46. The number of halogens is 3. The third-order valence-corrected chi connectivity index (χ3v) is 2.47. The van der Waals surface area contributed by atoms with Gasteiger partial charge in [-0.1, -0.05) is 6.07 Å². The molecule has 110 valence electrons. The Morgan fingerprint density at radius 1 is 1.30 bits per heavy atom.